The molecule has 0 aromatic carbocycles. The molecule has 0 aliphatic rings. The van der Waals surface area contributed by atoms with Crippen LogP contribution in [0.4, 0.5) is 0 Å². The summed E-state index contributed by atoms with van der Waals surface area (Å²) in [6.07, 6.45) is 3.50. The molecule has 0 saturated carbocycles. The van der Waals surface area contributed by atoms with Gasteiger partial charge in [0, 0.05) is 15.2 Å². The van der Waals surface area contributed by atoms with E-state index in [9.17, 15) is 0 Å². The van der Waals surface area contributed by atoms with Crippen molar-refractivity contribution >= 4 is 43.2 Å². The first-order chi connectivity index (χ1) is 10.3. The third kappa shape index (κ3) is 2.33. The van der Waals surface area contributed by atoms with E-state index < -0.39 is 0 Å². The molecule has 0 aliphatic carbocycles. The Morgan fingerprint density at radius 3 is 1.82 bits per heavy atom. The monoisotopic (exact) mass is 334 g/mol. The summed E-state index contributed by atoms with van der Waals surface area (Å²) in [6, 6.07) is 4.54. The van der Waals surface area contributed by atoms with Crippen molar-refractivity contribution in [2.75, 3.05) is 0 Å². The van der Waals surface area contributed by atoms with Gasteiger partial charge in [0.15, 0.2) is 0 Å². The maximum absolute atomic E-state index is 6.16. The van der Waals surface area contributed by atoms with Gasteiger partial charge in [-0.25, -0.2) is 0 Å². The summed E-state index contributed by atoms with van der Waals surface area (Å²) < 4.78 is 8.85. The lowest BCUT2D eigenvalue weighted by molar-refractivity contribution is 0.447. The molecule has 0 N–H and O–H groups in total. The summed E-state index contributed by atoms with van der Waals surface area (Å²) in [5, 5.41) is 0. The fourth-order valence-electron chi connectivity index (χ4n) is 2.74. The largest absolute Gasteiger partial charge is 0.454 e. The predicted octanol–water partition coefficient (Wildman–Crippen LogP) is 7.47. The standard InChI is InChI=1S/C19H26OS2/c1-7-18(4,5)14-10-12-16(21-14)17-13(20-12)11-15(22-17)19(6,8-2)9-3/h10-11H,7-9H2,1-6H3. The Kier molecular flexibility index (Phi) is 3.93. The molecule has 0 fully saturated rings. The van der Waals surface area contributed by atoms with Crippen molar-refractivity contribution < 1.29 is 4.42 Å². The number of thiophene rings is 2. The van der Waals surface area contributed by atoms with Crippen LogP contribution in [0.5, 0.6) is 0 Å². The smallest absolute Gasteiger partial charge is 0.147 e. The predicted molar refractivity (Wildman–Crippen MR) is 101 cm³/mol. The van der Waals surface area contributed by atoms with E-state index in [-0.39, 0.29) is 10.8 Å². The van der Waals surface area contributed by atoms with E-state index in [0.29, 0.717) is 0 Å². The van der Waals surface area contributed by atoms with Crippen molar-refractivity contribution in [3.8, 4) is 0 Å². The number of furan rings is 1. The lowest BCUT2D eigenvalue weighted by Gasteiger charge is -2.24. The van der Waals surface area contributed by atoms with Gasteiger partial charge in [0.05, 0.1) is 9.40 Å². The average Bonchev–Trinajstić information content (AvgIpc) is 3.16. The molecule has 3 heterocycles. The Morgan fingerprint density at radius 1 is 0.818 bits per heavy atom. The van der Waals surface area contributed by atoms with Gasteiger partial charge in [-0.15, -0.1) is 22.7 Å². The van der Waals surface area contributed by atoms with E-state index in [1.165, 1.54) is 32.0 Å². The first kappa shape index (κ1) is 16.1. The summed E-state index contributed by atoms with van der Waals surface area (Å²) in [7, 11) is 0. The third-order valence-electron chi connectivity index (χ3n) is 5.53. The van der Waals surface area contributed by atoms with Crippen LogP contribution in [-0.4, -0.2) is 0 Å². The van der Waals surface area contributed by atoms with Crippen molar-refractivity contribution in [3.05, 3.63) is 21.9 Å². The van der Waals surface area contributed by atoms with E-state index in [0.717, 1.165) is 17.6 Å². The van der Waals surface area contributed by atoms with Crippen LogP contribution in [0, 0.1) is 0 Å². The maximum atomic E-state index is 6.16. The fourth-order valence-corrected chi connectivity index (χ4v) is 5.51. The molecule has 0 atom stereocenters. The van der Waals surface area contributed by atoms with E-state index in [1.54, 1.807) is 0 Å². The second-order valence-corrected chi connectivity index (χ2v) is 9.32. The van der Waals surface area contributed by atoms with Crippen molar-refractivity contribution in [2.45, 2.75) is 71.6 Å². The number of rotatable bonds is 5. The van der Waals surface area contributed by atoms with Gasteiger partial charge in [0.1, 0.15) is 11.2 Å². The fraction of sp³-hybridized carbons (Fsp3) is 0.579. The van der Waals surface area contributed by atoms with Crippen LogP contribution >= 0.6 is 22.7 Å². The first-order valence-electron chi connectivity index (χ1n) is 8.31. The molecule has 3 heteroatoms. The van der Waals surface area contributed by atoms with Crippen LogP contribution in [0.2, 0.25) is 0 Å². The van der Waals surface area contributed by atoms with E-state index in [2.05, 4.69) is 53.7 Å². The zero-order valence-corrected chi connectivity index (χ0v) is 16.1. The SMILES string of the molecule is CCC(C)(C)c1cc2oc3cc(C(C)(CC)CC)sc3c2s1. The second-order valence-electron chi connectivity index (χ2n) is 7.22. The summed E-state index contributed by atoms with van der Waals surface area (Å²) >= 11 is 3.86. The second kappa shape index (κ2) is 5.38. The molecule has 1 nitrogen and oxygen atoms in total. The zero-order chi connectivity index (χ0) is 16.1. The number of hydrogen-bond donors (Lipinski definition) is 0. The van der Waals surface area contributed by atoms with E-state index in [1.807, 2.05) is 22.7 Å². The number of hydrogen-bond acceptors (Lipinski definition) is 3. The van der Waals surface area contributed by atoms with Crippen molar-refractivity contribution in [3.63, 3.8) is 0 Å². The van der Waals surface area contributed by atoms with Crippen LogP contribution in [0.25, 0.3) is 20.6 Å². The van der Waals surface area contributed by atoms with Crippen LogP contribution in [0.15, 0.2) is 16.5 Å². The van der Waals surface area contributed by atoms with E-state index >= 15 is 0 Å². The van der Waals surface area contributed by atoms with Gasteiger partial charge in [-0.05, 0) is 36.8 Å². The lowest BCUT2D eigenvalue weighted by atomic mass is 9.83. The molecule has 0 saturated heterocycles. The molecule has 3 aromatic rings. The topological polar surface area (TPSA) is 13.1 Å². The lowest BCUT2D eigenvalue weighted by Crippen LogP contribution is -2.17. The normalized spacial score (nSPS) is 13.5. The Bertz CT molecular complexity index is 796. The van der Waals surface area contributed by atoms with Crippen molar-refractivity contribution in [1.82, 2.24) is 0 Å². The van der Waals surface area contributed by atoms with Crippen LogP contribution < -0.4 is 0 Å². The van der Waals surface area contributed by atoms with E-state index in [4.69, 9.17) is 4.42 Å². The van der Waals surface area contributed by atoms with Crippen LogP contribution in [0.1, 0.15) is 70.6 Å². The van der Waals surface area contributed by atoms with Gasteiger partial charge >= 0.3 is 0 Å². The highest BCUT2D eigenvalue weighted by atomic mass is 32.1. The molecule has 3 aromatic heterocycles. The summed E-state index contributed by atoms with van der Waals surface area (Å²) in [6.45, 7) is 13.8. The van der Waals surface area contributed by atoms with Gasteiger partial charge in [0.25, 0.3) is 0 Å². The van der Waals surface area contributed by atoms with Gasteiger partial charge in [0.2, 0.25) is 0 Å². The summed E-state index contributed by atoms with van der Waals surface area (Å²) in [5.41, 5.74) is 2.67. The van der Waals surface area contributed by atoms with Gasteiger partial charge in [-0.3, -0.25) is 0 Å². The van der Waals surface area contributed by atoms with Crippen LogP contribution in [-0.2, 0) is 10.8 Å². The molecule has 0 aliphatic heterocycles. The molecule has 3 rings (SSSR count). The minimum absolute atomic E-state index is 0.236. The van der Waals surface area contributed by atoms with Crippen LogP contribution in [0.3, 0.4) is 0 Å². The molecule has 120 valence electrons. The zero-order valence-electron chi connectivity index (χ0n) is 14.5. The molecule has 0 unspecified atom stereocenters. The van der Waals surface area contributed by atoms with Crippen molar-refractivity contribution in [2.24, 2.45) is 0 Å². The van der Waals surface area contributed by atoms with Gasteiger partial charge < -0.3 is 4.42 Å². The highest BCUT2D eigenvalue weighted by Gasteiger charge is 2.28. The molecule has 0 spiro atoms. The molecule has 0 amide bonds. The third-order valence-corrected chi connectivity index (χ3v) is 8.60. The Morgan fingerprint density at radius 2 is 1.32 bits per heavy atom. The Hall–Kier alpha value is -0.800. The molecular weight excluding hydrogens is 308 g/mol. The van der Waals surface area contributed by atoms with Gasteiger partial charge in [-0.1, -0.05) is 41.5 Å². The highest BCUT2D eigenvalue weighted by Crippen LogP contribution is 2.46. The quantitative estimate of drug-likeness (QED) is 0.471. The average molecular weight is 335 g/mol. The highest BCUT2D eigenvalue weighted by molar-refractivity contribution is 7.27. The molecule has 22 heavy (non-hydrogen) atoms. The molecule has 0 bridgehead atoms. The summed E-state index contributed by atoms with van der Waals surface area (Å²) in [5.74, 6) is 0. The minimum atomic E-state index is 0.236. The van der Waals surface area contributed by atoms with Gasteiger partial charge in [-0.2, -0.15) is 0 Å². The molecular formula is C19H26OS2. The first-order valence-corrected chi connectivity index (χ1v) is 9.94. The summed E-state index contributed by atoms with van der Waals surface area (Å²) in [4.78, 5) is 2.91. The molecule has 0 radical (unpaired) electrons. The Balaban J connectivity index is 2.14. The maximum Gasteiger partial charge on any atom is 0.147 e. The number of fused-ring (bicyclic) bond motifs is 3. The van der Waals surface area contributed by atoms with Crippen molar-refractivity contribution in [1.29, 1.82) is 0 Å². The minimum Gasteiger partial charge on any atom is -0.454 e. The Labute approximate surface area is 141 Å².